The van der Waals surface area contributed by atoms with Crippen molar-refractivity contribution in [3.8, 4) is 0 Å². The molecule has 1 aromatic rings. The first-order chi connectivity index (χ1) is 20.0. The number of phosphoric ester groups is 1. The lowest BCUT2D eigenvalue weighted by Crippen LogP contribution is -2.33. The fraction of sp³-hybridized carbons (Fsp3) is 0.781. The van der Waals surface area contributed by atoms with Crippen molar-refractivity contribution in [2.75, 3.05) is 31.6 Å². The van der Waals surface area contributed by atoms with E-state index in [4.69, 9.17) is 13.8 Å². The molecule has 0 saturated carbocycles. The topological polar surface area (TPSA) is 85.3 Å². The maximum atomic E-state index is 12.8. The van der Waals surface area contributed by atoms with E-state index in [0.29, 0.717) is 31.3 Å². The minimum Gasteiger partial charge on any atom is -0.445 e. The van der Waals surface area contributed by atoms with Gasteiger partial charge in [-0.05, 0) is 24.8 Å². The Bertz CT molecular complexity index is 785. The van der Waals surface area contributed by atoms with E-state index in [1.165, 1.54) is 89.9 Å². The molecule has 0 saturated heterocycles. The average Bonchev–Trinajstić information content (AvgIpc) is 2.98. The summed E-state index contributed by atoms with van der Waals surface area (Å²) in [6.07, 6.45) is 21.9. The summed E-state index contributed by atoms with van der Waals surface area (Å²) in [7, 11) is -4.02. The summed E-state index contributed by atoms with van der Waals surface area (Å²) in [6, 6.07) is 9.68. The van der Waals surface area contributed by atoms with E-state index in [2.05, 4.69) is 22.9 Å². The van der Waals surface area contributed by atoms with Gasteiger partial charge in [0.15, 0.2) is 0 Å². The zero-order valence-electron chi connectivity index (χ0n) is 25.6. The van der Waals surface area contributed by atoms with Crippen molar-refractivity contribution >= 4 is 29.8 Å². The number of benzene rings is 1. The van der Waals surface area contributed by atoms with Gasteiger partial charge in [-0.1, -0.05) is 149 Å². The maximum absolute atomic E-state index is 12.8. The van der Waals surface area contributed by atoms with E-state index >= 15 is 0 Å². The highest BCUT2D eigenvalue weighted by Gasteiger charge is 2.20. The van der Waals surface area contributed by atoms with E-state index < -0.39 is 7.82 Å². The largest absolute Gasteiger partial charge is 0.472 e. The molecule has 0 spiro atoms. The fourth-order valence-corrected chi connectivity index (χ4v) is 5.90. The Morgan fingerprint density at radius 3 is 1.71 bits per heavy atom. The van der Waals surface area contributed by atoms with Crippen molar-refractivity contribution in [3.05, 3.63) is 35.9 Å². The number of amides is 1. The molecule has 1 aromatic carbocycles. The Morgan fingerprint density at radius 1 is 0.732 bits per heavy atom. The van der Waals surface area contributed by atoms with Gasteiger partial charge in [-0.25, -0.2) is 9.36 Å². The lowest BCUT2D eigenvalue weighted by molar-refractivity contribution is 0.0934. The number of alkyl halides is 1. The van der Waals surface area contributed by atoms with E-state index in [-0.39, 0.29) is 25.9 Å². The molecule has 7 nitrogen and oxygen atoms in total. The van der Waals surface area contributed by atoms with Crippen LogP contribution in [0.15, 0.2) is 30.3 Å². The number of carbonyl (C=O) groups is 1. The maximum Gasteiger partial charge on any atom is 0.472 e. The Morgan fingerprint density at radius 2 is 1.20 bits per heavy atom. The van der Waals surface area contributed by atoms with Crippen LogP contribution in [0.25, 0.3) is 0 Å². The third-order valence-electron chi connectivity index (χ3n) is 7.15. The van der Waals surface area contributed by atoms with Crippen LogP contribution in [0.3, 0.4) is 0 Å². The normalized spacial score (nSPS) is 12.8. The average molecular weight is 663 g/mol. The SMILES string of the molecule is CCCCCCCCCCCCCCCCCCN(CCCCOP(=O)(O)OCCBr)C(=O)OCc1ccccc1. The van der Waals surface area contributed by atoms with Gasteiger partial charge in [-0.2, -0.15) is 0 Å². The van der Waals surface area contributed by atoms with Crippen LogP contribution in [0.2, 0.25) is 0 Å². The van der Waals surface area contributed by atoms with Crippen LogP contribution in [-0.4, -0.2) is 47.5 Å². The van der Waals surface area contributed by atoms with Gasteiger partial charge in [-0.3, -0.25) is 9.05 Å². The molecule has 238 valence electrons. The van der Waals surface area contributed by atoms with Gasteiger partial charge in [0.05, 0.1) is 13.2 Å². The second-order valence-corrected chi connectivity index (χ2v) is 13.1. The van der Waals surface area contributed by atoms with Crippen molar-refractivity contribution in [2.45, 2.75) is 129 Å². The molecule has 1 unspecified atom stereocenters. The minimum atomic E-state index is -4.02. The molecule has 0 aliphatic rings. The summed E-state index contributed by atoms with van der Waals surface area (Å²) in [5.41, 5.74) is 0.957. The number of carbonyl (C=O) groups excluding carboxylic acids is 1. The highest BCUT2D eigenvalue weighted by Crippen LogP contribution is 2.43. The molecule has 0 aliphatic heterocycles. The van der Waals surface area contributed by atoms with Crippen LogP contribution in [0.1, 0.15) is 128 Å². The van der Waals surface area contributed by atoms with Gasteiger partial charge < -0.3 is 14.5 Å². The Labute approximate surface area is 258 Å². The van der Waals surface area contributed by atoms with Crippen LogP contribution in [-0.2, 0) is 25.0 Å². The molecular formula is C32H57BrNO6P. The van der Waals surface area contributed by atoms with Crippen LogP contribution in [0.4, 0.5) is 4.79 Å². The molecule has 1 amide bonds. The molecule has 1 N–H and O–H groups in total. The number of hydrogen-bond acceptors (Lipinski definition) is 5. The molecule has 0 heterocycles. The van der Waals surface area contributed by atoms with Crippen LogP contribution in [0.5, 0.6) is 0 Å². The van der Waals surface area contributed by atoms with Crippen molar-refractivity contribution in [3.63, 3.8) is 0 Å². The summed E-state index contributed by atoms with van der Waals surface area (Å²) >= 11 is 3.15. The number of rotatable bonds is 28. The minimum absolute atomic E-state index is 0.0992. The summed E-state index contributed by atoms with van der Waals surface area (Å²) in [5.74, 6) is 0. The van der Waals surface area contributed by atoms with Crippen LogP contribution < -0.4 is 0 Å². The number of halogens is 1. The van der Waals surface area contributed by atoms with Crippen molar-refractivity contribution in [2.24, 2.45) is 0 Å². The molecule has 9 heteroatoms. The predicted octanol–water partition coefficient (Wildman–Crippen LogP) is 10.2. The van der Waals surface area contributed by atoms with Gasteiger partial charge in [0, 0.05) is 18.4 Å². The zero-order chi connectivity index (χ0) is 29.9. The number of nitrogens with zero attached hydrogens (tertiary/aromatic N) is 1. The molecule has 0 fully saturated rings. The predicted molar refractivity (Wildman–Crippen MR) is 173 cm³/mol. The highest BCUT2D eigenvalue weighted by atomic mass is 79.9. The second-order valence-electron chi connectivity index (χ2n) is 10.9. The molecule has 0 aliphatic carbocycles. The summed E-state index contributed by atoms with van der Waals surface area (Å²) in [4.78, 5) is 24.2. The number of phosphoric acid groups is 1. The third kappa shape index (κ3) is 23.2. The zero-order valence-corrected chi connectivity index (χ0v) is 28.1. The van der Waals surface area contributed by atoms with Gasteiger partial charge in [0.1, 0.15) is 6.61 Å². The Hall–Kier alpha value is -0.920. The second kappa shape index (κ2) is 26.7. The van der Waals surface area contributed by atoms with E-state index in [0.717, 1.165) is 18.4 Å². The Balaban J connectivity index is 2.20. The van der Waals surface area contributed by atoms with E-state index in [1.54, 1.807) is 4.90 Å². The number of hydrogen-bond donors (Lipinski definition) is 1. The smallest absolute Gasteiger partial charge is 0.445 e. The number of unbranched alkanes of at least 4 members (excludes halogenated alkanes) is 16. The van der Waals surface area contributed by atoms with E-state index in [1.807, 2.05) is 30.3 Å². The summed E-state index contributed by atoms with van der Waals surface area (Å²) < 4.78 is 27.2. The van der Waals surface area contributed by atoms with Gasteiger partial charge in [0.2, 0.25) is 0 Å². The first-order valence-electron chi connectivity index (χ1n) is 16.1. The van der Waals surface area contributed by atoms with Crippen molar-refractivity contribution in [1.82, 2.24) is 4.90 Å². The van der Waals surface area contributed by atoms with E-state index in [9.17, 15) is 14.3 Å². The van der Waals surface area contributed by atoms with Crippen LogP contribution in [0, 0.1) is 0 Å². The quantitative estimate of drug-likeness (QED) is 0.0546. The van der Waals surface area contributed by atoms with Crippen molar-refractivity contribution in [1.29, 1.82) is 0 Å². The van der Waals surface area contributed by atoms with Gasteiger partial charge in [-0.15, -0.1) is 0 Å². The summed E-state index contributed by atoms with van der Waals surface area (Å²) in [5, 5.41) is 0.459. The molecule has 0 aromatic heterocycles. The molecule has 1 rings (SSSR count). The van der Waals surface area contributed by atoms with Crippen molar-refractivity contribution < 1.29 is 28.0 Å². The highest BCUT2D eigenvalue weighted by molar-refractivity contribution is 9.09. The first kappa shape index (κ1) is 38.1. The molecular weight excluding hydrogens is 605 g/mol. The molecule has 0 bridgehead atoms. The molecule has 41 heavy (non-hydrogen) atoms. The fourth-order valence-electron chi connectivity index (χ4n) is 4.73. The monoisotopic (exact) mass is 661 g/mol. The van der Waals surface area contributed by atoms with Gasteiger partial charge >= 0.3 is 13.9 Å². The molecule has 1 atom stereocenters. The lowest BCUT2D eigenvalue weighted by Gasteiger charge is -2.22. The third-order valence-corrected chi connectivity index (χ3v) is 8.49. The number of ether oxygens (including phenoxy) is 1. The standard InChI is InChI=1S/C32H57BrNO6P/c1-2-3-4-5-6-7-8-9-10-11-12-13-14-15-16-20-26-34(32(35)38-30-31-23-18-17-19-24-31)27-21-22-28-39-41(36,37)40-29-25-33/h17-19,23-24H,2-16,20-22,25-30H2,1H3,(H,36,37). The summed E-state index contributed by atoms with van der Waals surface area (Å²) in [6.45, 7) is 3.90. The first-order valence-corrected chi connectivity index (χ1v) is 18.7. The Kier molecular flexibility index (Phi) is 24.8. The lowest BCUT2D eigenvalue weighted by atomic mass is 10.0. The molecule has 0 radical (unpaired) electrons. The van der Waals surface area contributed by atoms with Gasteiger partial charge in [0.25, 0.3) is 0 Å². The van der Waals surface area contributed by atoms with Crippen LogP contribution >= 0.6 is 23.8 Å².